The van der Waals surface area contributed by atoms with Crippen LogP contribution < -0.4 is 5.32 Å². The summed E-state index contributed by atoms with van der Waals surface area (Å²) in [6, 6.07) is 15.2. The summed E-state index contributed by atoms with van der Waals surface area (Å²) in [5.74, 6) is -0.846. The first-order chi connectivity index (χ1) is 9.16. The van der Waals surface area contributed by atoms with E-state index in [-0.39, 0.29) is 17.8 Å². The van der Waals surface area contributed by atoms with E-state index in [0.717, 1.165) is 5.69 Å². The maximum Gasteiger partial charge on any atom is 0.172 e. The van der Waals surface area contributed by atoms with Crippen molar-refractivity contribution in [2.75, 3.05) is 5.32 Å². The standard InChI is InChI=1S/C15H12FNOS/c16-13-9-5-4-8-12(13)14(18)10-15(19)17-11-6-2-1-3-7-11/h1-9H,10H2,(H,17,19). The highest BCUT2D eigenvalue weighted by molar-refractivity contribution is 7.80. The maximum absolute atomic E-state index is 13.4. The number of anilines is 1. The number of hydrogen-bond acceptors (Lipinski definition) is 2. The maximum atomic E-state index is 13.4. The number of hydrogen-bond donors (Lipinski definition) is 1. The van der Waals surface area contributed by atoms with Gasteiger partial charge in [-0.25, -0.2) is 4.39 Å². The zero-order chi connectivity index (χ0) is 13.7. The molecular weight excluding hydrogens is 261 g/mol. The number of halogens is 1. The van der Waals surface area contributed by atoms with Gasteiger partial charge in [0.15, 0.2) is 5.78 Å². The Kier molecular flexibility index (Phi) is 4.36. The van der Waals surface area contributed by atoms with Gasteiger partial charge in [0, 0.05) is 5.69 Å². The summed E-state index contributed by atoms with van der Waals surface area (Å²) in [7, 11) is 0. The second-order valence-electron chi connectivity index (χ2n) is 3.99. The number of thiocarbonyl (C=S) groups is 1. The van der Waals surface area contributed by atoms with Crippen molar-refractivity contribution in [2.45, 2.75) is 6.42 Å². The van der Waals surface area contributed by atoms with Gasteiger partial charge in [-0.05, 0) is 24.3 Å². The molecule has 0 atom stereocenters. The van der Waals surface area contributed by atoms with Crippen molar-refractivity contribution in [1.82, 2.24) is 0 Å². The fraction of sp³-hybridized carbons (Fsp3) is 0.0667. The van der Waals surface area contributed by atoms with Gasteiger partial charge < -0.3 is 5.32 Å². The average Bonchev–Trinajstić information content (AvgIpc) is 2.40. The molecule has 0 amide bonds. The van der Waals surface area contributed by atoms with E-state index >= 15 is 0 Å². The lowest BCUT2D eigenvalue weighted by Crippen LogP contribution is -2.15. The summed E-state index contributed by atoms with van der Waals surface area (Å²) in [6.07, 6.45) is -0.00877. The molecule has 0 heterocycles. The van der Waals surface area contributed by atoms with Gasteiger partial charge in [-0.3, -0.25) is 4.79 Å². The highest BCUT2D eigenvalue weighted by Crippen LogP contribution is 2.11. The van der Waals surface area contributed by atoms with Crippen molar-refractivity contribution in [1.29, 1.82) is 0 Å². The van der Waals surface area contributed by atoms with Crippen molar-refractivity contribution in [2.24, 2.45) is 0 Å². The molecule has 2 rings (SSSR count). The van der Waals surface area contributed by atoms with Gasteiger partial charge in [-0.2, -0.15) is 0 Å². The van der Waals surface area contributed by atoms with Crippen molar-refractivity contribution in [3.05, 3.63) is 66.0 Å². The summed E-state index contributed by atoms with van der Waals surface area (Å²) in [5.41, 5.74) is 0.883. The molecule has 0 aliphatic carbocycles. The Hall–Kier alpha value is -2.07. The van der Waals surface area contributed by atoms with Crippen molar-refractivity contribution in [3.63, 3.8) is 0 Å². The van der Waals surface area contributed by atoms with Gasteiger partial charge in [0.05, 0.1) is 17.0 Å². The highest BCUT2D eigenvalue weighted by atomic mass is 32.1. The largest absolute Gasteiger partial charge is 0.350 e. The number of rotatable bonds is 4. The molecule has 0 fully saturated rings. The first-order valence-electron chi connectivity index (χ1n) is 5.79. The fourth-order valence-electron chi connectivity index (χ4n) is 1.66. The topological polar surface area (TPSA) is 29.1 Å². The minimum atomic E-state index is -0.519. The number of ketones is 1. The van der Waals surface area contributed by atoms with Gasteiger partial charge >= 0.3 is 0 Å². The first kappa shape index (κ1) is 13.4. The molecule has 0 aliphatic rings. The van der Waals surface area contributed by atoms with Gasteiger partial charge in [-0.15, -0.1) is 0 Å². The third kappa shape index (κ3) is 3.69. The lowest BCUT2D eigenvalue weighted by molar-refractivity contribution is 0.0997. The predicted molar refractivity (Wildman–Crippen MR) is 78.0 cm³/mol. The molecule has 0 aliphatic heterocycles. The fourth-order valence-corrected chi connectivity index (χ4v) is 1.90. The molecule has 96 valence electrons. The summed E-state index contributed by atoms with van der Waals surface area (Å²) < 4.78 is 13.4. The third-order valence-corrected chi connectivity index (χ3v) is 2.80. The van der Waals surface area contributed by atoms with E-state index in [0.29, 0.717) is 4.99 Å². The van der Waals surface area contributed by atoms with Crippen LogP contribution in [0.4, 0.5) is 10.1 Å². The Labute approximate surface area is 116 Å². The Morgan fingerprint density at radius 3 is 2.37 bits per heavy atom. The van der Waals surface area contributed by atoms with Crippen LogP contribution in [-0.2, 0) is 0 Å². The average molecular weight is 273 g/mol. The number of carbonyl (C=O) groups excluding carboxylic acids is 1. The lowest BCUT2D eigenvalue weighted by Gasteiger charge is -2.07. The number of nitrogens with one attached hydrogen (secondary N) is 1. The van der Waals surface area contributed by atoms with Crippen LogP contribution >= 0.6 is 12.2 Å². The van der Waals surface area contributed by atoms with E-state index in [1.807, 2.05) is 30.3 Å². The zero-order valence-electron chi connectivity index (χ0n) is 10.1. The SMILES string of the molecule is O=C(CC(=S)Nc1ccccc1)c1ccccc1F. The Morgan fingerprint density at radius 1 is 1.05 bits per heavy atom. The van der Waals surface area contributed by atoms with Crippen LogP contribution in [0.3, 0.4) is 0 Å². The van der Waals surface area contributed by atoms with Gasteiger partial charge in [0.25, 0.3) is 0 Å². The molecule has 0 aromatic heterocycles. The Balaban J connectivity index is 2.00. The second-order valence-corrected chi connectivity index (χ2v) is 4.49. The molecule has 0 radical (unpaired) electrons. The Bertz CT molecular complexity index is 598. The first-order valence-corrected chi connectivity index (χ1v) is 6.20. The van der Waals surface area contributed by atoms with Crippen molar-refractivity contribution < 1.29 is 9.18 Å². The smallest absolute Gasteiger partial charge is 0.172 e. The molecule has 2 aromatic carbocycles. The van der Waals surface area contributed by atoms with Crippen molar-refractivity contribution in [3.8, 4) is 0 Å². The van der Waals surface area contributed by atoms with E-state index in [1.54, 1.807) is 12.1 Å². The normalized spacial score (nSPS) is 9.95. The summed E-state index contributed by atoms with van der Waals surface area (Å²) in [5, 5.41) is 2.95. The molecule has 4 heteroatoms. The molecule has 19 heavy (non-hydrogen) atoms. The molecule has 0 saturated carbocycles. The van der Waals surface area contributed by atoms with Crippen LogP contribution in [0.25, 0.3) is 0 Å². The van der Waals surface area contributed by atoms with Crippen LogP contribution in [0, 0.1) is 5.82 Å². The molecular formula is C15H12FNOS. The molecule has 1 N–H and O–H groups in total. The summed E-state index contributed by atoms with van der Waals surface area (Å²) >= 11 is 5.10. The monoisotopic (exact) mass is 273 g/mol. The van der Waals surface area contributed by atoms with Crippen LogP contribution in [0.15, 0.2) is 54.6 Å². The number of para-hydroxylation sites is 1. The lowest BCUT2D eigenvalue weighted by atomic mass is 10.1. The predicted octanol–water partition coefficient (Wildman–Crippen LogP) is 3.84. The highest BCUT2D eigenvalue weighted by Gasteiger charge is 2.12. The van der Waals surface area contributed by atoms with Crippen molar-refractivity contribution >= 4 is 28.7 Å². The summed E-state index contributed by atoms with van der Waals surface area (Å²) in [6.45, 7) is 0. The molecule has 0 unspecified atom stereocenters. The van der Waals surface area contributed by atoms with E-state index in [2.05, 4.69) is 5.32 Å². The quantitative estimate of drug-likeness (QED) is 0.678. The molecule has 0 bridgehead atoms. The zero-order valence-corrected chi connectivity index (χ0v) is 10.9. The van der Waals surface area contributed by atoms with Gasteiger partial charge in [-0.1, -0.05) is 42.5 Å². The van der Waals surface area contributed by atoms with Gasteiger partial charge in [0.1, 0.15) is 5.82 Å². The van der Waals surface area contributed by atoms with E-state index in [4.69, 9.17) is 12.2 Å². The summed E-state index contributed by atoms with van der Waals surface area (Å²) in [4.78, 5) is 12.3. The third-order valence-electron chi connectivity index (χ3n) is 2.55. The molecule has 2 nitrogen and oxygen atoms in total. The van der Waals surface area contributed by atoms with Crippen LogP contribution in [-0.4, -0.2) is 10.8 Å². The van der Waals surface area contributed by atoms with Gasteiger partial charge in [0.2, 0.25) is 0 Å². The van der Waals surface area contributed by atoms with E-state index < -0.39 is 5.82 Å². The second kappa shape index (κ2) is 6.20. The minimum absolute atomic E-state index is 0.00877. The van der Waals surface area contributed by atoms with Crippen LogP contribution in [0.2, 0.25) is 0 Å². The minimum Gasteiger partial charge on any atom is -0.350 e. The molecule has 2 aromatic rings. The molecule has 0 saturated heterocycles. The van der Waals surface area contributed by atoms with Crippen LogP contribution in [0.5, 0.6) is 0 Å². The van der Waals surface area contributed by atoms with Crippen LogP contribution in [0.1, 0.15) is 16.8 Å². The number of benzene rings is 2. The number of carbonyl (C=O) groups is 1. The van der Waals surface area contributed by atoms with E-state index in [9.17, 15) is 9.18 Å². The molecule has 0 spiro atoms. The Morgan fingerprint density at radius 2 is 1.68 bits per heavy atom. The van der Waals surface area contributed by atoms with E-state index in [1.165, 1.54) is 12.1 Å². The number of Topliss-reactive ketones (excluding diaryl/α,β-unsaturated/α-hetero) is 1.